The van der Waals surface area contributed by atoms with Gasteiger partial charge in [0.2, 0.25) is 0 Å². The summed E-state index contributed by atoms with van der Waals surface area (Å²) in [6.45, 7) is 4.78. The van der Waals surface area contributed by atoms with E-state index < -0.39 is 0 Å². The van der Waals surface area contributed by atoms with E-state index in [0.717, 1.165) is 30.4 Å². The molecule has 3 aliphatic rings. The van der Waals surface area contributed by atoms with E-state index in [2.05, 4.69) is 47.3 Å². The van der Waals surface area contributed by atoms with Gasteiger partial charge in [-0.1, -0.05) is 31.6 Å². The van der Waals surface area contributed by atoms with E-state index >= 15 is 0 Å². The smallest absolute Gasteiger partial charge is 0.0682 e. The van der Waals surface area contributed by atoms with Crippen molar-refractivity contribution >= 4 is 10.9 Å². The quantitative estimate of drug-likeness (QED) is 0.830. The molecule has 0 spiro atoms. The molecule has 0 saturated carbocycles. The van der Waals surface area contributed by atoms with Crippen molar-refractivity contribution in [3.8, 4) is 0 Å². The van der Waals surface area contributed by atoms with E-state index in [0.29, 0.717) is 6.04 Å². The Kier molecular flexibility index (Phi) is 4.00. The van der Waals surface area contributed by atoms with Gasteiger partial charge in [-0.3, -0.25) is 4.90 Å². The number of piperidine rings is 1. The molecule has 1 aromatic carbocycles. The lowest BCUT2D eigenvalue weighted by Crippen LogP contribution is -2.50. The topological polar surface area (TPSA) is 39.3 Å². The Hall–Kier alpha value is -1.58. The zero-order chi connectivity index (χ0) is 15.8. The van der Waals surface area contributed by atoms with Crippen LogP contribution in [-0.2, 0) is 13.0 Å². The van der Waals surface area contributed by atoms with Gasteiger partial charge in [0.1, 0.15) is 0 Å². The molecular formula is C20H26N2O. The monoisotopic (exact) mass is 310 g/mol. The van der Waals surface area contributed by atoms with Crippen molar-refractivity contribution in [2.45, 2.75) is 38.8 Å². The maximum Gasteiger partial charge on any atom is 0.0682 e. The Morgan fingerprint density at radius 2 is 2.22 bits per heavy atom. The van der Waals surface area contributed by atoms with Crippen molar-refractivity contribution in [2.24, 2.45) is 11.8 Å². The van der Waals surface area contributed by atoms with Crippen molar-refractivity contribution in [3.63, 3.8) is 0 Å². The van der Waals surface area contributed by atoms with Gasteiger partial charge < -0.3 is 10.1 Å². The van der Waals surface area contributed by atoms with Crippen LogP contribution in [0.25, 0.3) is 10.9 Å². The second kappa shape index (κ2) is 6.14. The van der Waals surface area contributed by atoms with Crippen LogP contribution in [0.4, 0.5) is 0 Å². The average Bonchev–Trinajstić information content (AvgIpc) is 3.02. The van der Waals surface area contributed by atoms with Gasteiger partial charge in [0.25, 0.3) is 0 Å². The van der Waals surface area contributed by atoms with Gasteiger partial charge in [0.15, 0.2) is 0 Å². The summed E-state index contributed by atoms with van der Waals surface area (Å²) in [5, 5.41) is 10.6. The Morgan fingerprint density at radius 3 is 3.00 bits per heavy atom. The Morgan fingerprint density at radius 1 is 1.30 bits per heavy atom. The molecule has 0 amide bonds. The Bertz CT molecular complexity index is 718. The highest BCUT2D eigenvalue weighted by Gasteiger charge is 2.35. The number of rotatable bonds is 5. The fourth-order valence-electron chi connectivity index (χ4n) is 4.46. The maximum atomic E-state index is 9.36. The van der Waals surface area contributed by atoms with Crippen molar-refractivity contribution in [1.82, 2.24) is 9.88 Å². The molecule has 1 aromatic heterocycles. The van der Waals surface area contributed by atoms with E-state index in [1.165, 1.54) is 35.9 Å². The third-order valence-corrected chi connectivity index (χ3v) is 5.77. The Labute approximate surface area is 138 Å². The minimum Gasteiger partial charge on any atom is -0.392 e. The van der Waals surface area contributed by atoms with Gasteiger partial charge in [-0.2, -0.15) is 0 Å². The number of nitrogens with one attached hydrogen (secondary N) is 1. The first-order valence-corrected chi connectivity index (χ1v) is 8.90. The third kappa shape index (κ3) is 2.73. The zero-order valence-corrected chi connectivity index (χ0v) is 13.8. The molecule has 5 rings (SSSR count). The van der Waals surface area contributed by atoms with Gasteiger partial charge in [0.05, 0.1) is 6.61 Å². The van der Waals surface area contributed by atoms with Crippen LogP contribution in [-0.4, -0.2) is 34.1 Å². The predicted molar refractivity (Wildman–Crippen MR) is 94.3 cm³/mol. The summed E-state index contributed by atoms with van der Waals surface area (Å²) in [5.74, 6) is 1.59. The van der Waals surface area contributed by atoms with Gasteiger partial charge in [-0.15, -0.1) is 0 Å². The zero-order valence-electron chi connectivity index (χ0n) is 13.8. The van der Waals surface area contributed by atoms with Crippen molar-refractivity contribution in [3.05, 3.63) is 47.7 Å². The molecule has 3 nitrogen and oxygen atoms in total. The van der Waals surface area contributed by atoms with E-state index in [-0.39, 0.29) is 6.61 Å². The highest BCUT2D eigenvalue weighted by atomic mass is 16.3. The molecule has 0 radical (unpaired) electrons. The first-order chi connectivity index (χ1) is 11.3. The van der Waals surface area contributed by atoms with Crippen LogP contribution in [0.15, 0.2) is 36.5 Å². The van der Waals surface area contributed by atoms with Crippen LogP contribution in [0.2, 0.25) is 0 Å². The number of aliphatic hydroxyl groups excluding tert-OH is 1. The van der Waals surface area contributed by atoms with Gasteiger partial charge >= 0.3 is 0 Å². The average molecular weight is 310 g/mol. The molecule has 3 heterocycles. The number of H-pyrrole nitrogens is 1. The predicted octanol–water partition coefficient (Wildman–Crippen LogP) is 3.49. The molecular weight excluding hydrogens is 284 g/mol. The molecule has 2 N–H and O–H groups in total. The van der Waals surface area contributed by atoms with E-state index in [9.17, 15) is 5.11 Å². The molecule has 1 fully saturated rings. The second-order valence-electron chi connectivity index (χ2n) is 7.14. The van der Waals surface area contributed by atoms with Crippen molar-refractivity contribution in [1.29, 1.82) is 0 Å². The summed E-state index contributed by atoms with van der Waals surface area (Å²) in [5.41, 5.74) is 3.53. The molecule has 122 valence electrons. The van der Waals surface area contributed by atoms with Gasteiger partial charge in [-0.25, -0.2) is 0 Å². The van der Waals surface area contributed by atoms with Crippen LogP contribution < -0.4 is 0 Å². The van der Waals surface area contributed by atoms with Crippen LogP contribution in [0.3, 0.4) is 0 Å². The molecule has 2 aliphatic heterocycles. The molecule has 2 bridgehead atoms. The molecule has 2 aromatic rings. The van der Waals surface area contributed by atoms with Gasteiger partial charge in [-0.05, 0) is 47.9 Å². The summed E-state index contributed by atoms with van der Waals surface area (Å²) in [4.78, 5) is 6.04. The van der Waals surface area contributed by atoms with Crippen molar-refractivity contribution < 1.29 is 5.11 Å². The standard InChI is InChI=1S/C20H26N2O/c1-2-16-9-14-4-6-20(16)22(12-14)8-7-17-11-21-19-5-3-15(13-23)10-18(17)19/h3-6,10-11,14,16,20-21,23H,2,7-9,12-13H2,1H3. The van der Waals surface area contributed by atoms with E-state index in [4.69, 9.17) is 0 Å². The second-order valence-corrected chi connectivity index (χ2v) is 7.14. The SMILES string of the molecule is CCC1CC2C=CC1N(CCc1c[nH]c3ccc(CO)cc13)C2. The minimum absolute atomic E-state index is 0.111. The van der Waals surface area contributed by atoms with E-state index in [1.807, 2.05) is 6.07 Å². The molecule has 1 saturated heterocycles. The summed E-state index contributed by atoms with van der Waals surface area (Å²) in [6, 6.07) is 6.83. The number of aromatic nitrogens is 1. The number of fused-ring (bicyclic) bond motifs is 3. The fraction of sp³-hybridized carbons (Fsp3) is 0.500. The van der Waals surface area contributed by atoms with Gasteiger partial charge in [0, 0.05) is 36.2 Å². The molecule has 3 heteroatoms. The number of hydrogen-bond donors (Lipinski definition) is 2. The highest BCUT2D eigenvalue weighted by Crippen LogP contribution is 2.36. The third-order valence-electron chi connectivity index (χ3n) is 5.77. The van der Waals surface area contributed by atoms with E-state index in [1.54, 1.807) is 0 Å². The summed E-state index contributed by atoms with van der Waals surface area (Å²) < 4.78 is 0. The van der Waals surface area contributed by atoms with Crippen LogP contribution in [0.1, 0.15) is 30.9 Å². The van der Waals surface area contributed by atoms with Crippen LogP contribution >= 0.6 is 0 Å². The Balaban J connectivity index is 1.50. The summed E-state index contributed by atoms with van der Waals surface area (Å²) in [7, 11) is 0. The first-order valence-electron chi connectivity index (χ1n) is 8.90. The first kappa shape index (κ1) is 15.0. The number of aromatic amines is 1. The summed E-state index contributed by atoms with van der Waals surface area (Å²) >= 11 is 0. The number of aliphatic hydroxyl groups is 1. The number of nitrogens with zero attached hydrogens (tertiary/aromatic N) is 1. The molecule has 1 aliphatic carbocycles. The number of hydrogen-bond acceptors (Lipinski definition) is 2. The van der Waals surface area contributed by atoms with Crippen molar-refractivity contribution in [2.75, 3.05) is 13.1 Å². The lowest BCUT2D eigenvalue weighted by molar-refractivity contribution is 0.0826. The lowest BCUT2D eigenvalue weighted by atomic mass is 9.76. The largest absolute Gasteiger partial charge is 0.392 e. The maximum absolute atomic E-state index is 9.36. The molecule has 3 unspecified atom stereocenters. The van der Waals surface area contributed by atoms with Crippen LogP contribution in [0, 0.1) is 11.8 Å². The molecule has 3 atom stereocenters. The summed E-state index contributed by atoms with van der Waals surface area (Å²) in [6.07, 6.45) is 10.8. The van der Waals surface area contributed by atoms with Crippen LogP contribution in [0.5, 0.6) is 0 Å². The molecule has 23 heavy (non-hydrogen) atoms. The lowest BCUT2D eigenvalue weighted by Gasteiger charge is -2.46. The fourth-order valence-corrected chi connectivity index (χ4v) is 4.46. The highest BCUT2D eigenvalue weighted by molar-refractivity contribution is 5.83. The normalized spacial score (nSPS) is 27.1. The number of benzene rings is 1. The minimum atomic E-state index is 0.111.